The molecule has 18 heavy (non-hydrogen) atoms. The number of thiophene rings is 1. The highest BCUT2D eigenvalue weighted by atomic mass is 32.1. The molecule has 0 spiro atoms. The first-order valence-electron chi connectivity index (χ1n) is 7.13. The molecule has 1 saturated carbocycles. The van der Waals surface area contributed by atoms with Crippen molar-refractivity contribution in [1.29, 1.82) is 0 Å². The zero-order chi connectivity index (χ0) is 13.1. The summed E-state index contributed by atoms with van der Waals surface area (Å²) in [6.45, 7) is 7.94. The minimum Gasteiger partial charge on any atom is -0.326 e. The Bertz CT molecular complexity index is 341. The van der Waals surface area contributed by atoms with E-state index in [0.717, 1.165) is 12.0 Å². The molecular weight excluding hydrogens is 240 g/mol. The average molecular weight is 266 g/mol. The molecule has 102 valence electrons. The average Bonchev–Trinajstić information content (AvgIpc) is 3.00. The van der Waals surface area contributed by atoms with Crippen molar-refractivity contribution >= 4 is 11.3 Å². The highest BCUT2D eigenvalue weighted by molar-refractivity contribution is 7.07. The van der Waals surface area contributed by atoms with E-state index < -0.39 is 0 Å². The van der Waals surface area contributed by atoms with Crippen LogP contribution in [-0.2, 0) is 0 Å². The second kappa shape index (κ2) is 6.18. The van der Waals surface area contributed by atoms with Crippen LogP contribution in [0.3, 0.4) is 0 Å². The fourth-order valence-corrected chi connectivity index (χ4v) is 3.29. The van der Waals surface area contributed by atoms with E-state index >= 15 is 0 Å². The van der Waals surface area contributed by atoms with Crippen LogP contribution in [0.2, 0.25) is 0 Å². The van der Waals surface area contributed by atoms with Crippen LogP contribution in [0.4, 0.5) is 0 Å². The molecule has 2 N–H and O–H groups in total. The molecule has 0 radical (unpaired) electrons. The van der Waals surface area contributed by atoms with Crippen molar-refractivity contribution in [1.82, 2.24) is 4.90 Å². The number of hydrogen-bond acceptors (Lipinski definition) is 3. The lowest BCUT2D eigenvalue weighted by Crippen LogP contribution is -2.41. The first-order chi connectivity index (χ1) is 8.59. The van der Waals surface area contributed by atoms with Gasteiger partial charge in [0.15, 0.2) is 0 Å². The van der Waals surface area contributed by atoms with Gasteiger partial charge in [-0.25, -0.2) is 0 Å². The molecular formula is C15H26N2S. The summed E-state index contributed by atoms with van der Waals surface area (Å²) in [5, 5.41) is 4.43. The normalized spacial score (nSPS) is 19.4. The Morgan fingerprint density at radius 2 is 2.11 bits per heavy atom. The molecule has 0 aliphatic heterocycles. The third kappa shape index (κ3) is 3.56. The molecule has 3 heteroatoms. The third-order valence-electron chi connectivity index (χ3n) is 3.72. The van der Waals surface area contributed by atoms with E-state index in [1.54, 1.807) is 11.3 Å². The quantitative estimate of drug-likeness (QED) is 0.816. The molecule has 1 fully saturated rings. The van der Waals surface area contributed by atoms with Crippen LogP contribution < -0.4 is 5.73 Å². The Hall–Kier alpha value is -0.380. The topological polar surface area (TPSA) is 29.3 Å². The van der Waals surface area contributed by atoms with Gasteiger partial charge in [0.25, 0.3) is 0 Å². The van der Waals surface area contributed by atoms with Gasteiger partial charge in [-0.3, -0.25) is 4.90 Å². The summed E-state index contributed by atoms with van der Waals surface area (Å²) >= 11 is 1.78. The summed E-state index contributed by atoms with van der Waals surface area (Å²) in [6, 6.07) is 3.62. The van der Waals surface area contributed by atoms with E-state index in [-0.39, 0.29) is 6.04 Å². The first-order valence-corrected chi connectivity index (χ1v) is 8.07. The number of nitrogens with zero attached hydrogens (tertiary/aromatic N) is 1. The van der Waals surface area contributed by atoms with Gasteiger partial charge < -0.3 is 5.73 Å². The molecule has 1 aromatic rings. The fraction of sp³-hybridized carbons (Fsp3) is 0.733. The Kier molecular flexibility index (Phi) is 4.82. The van der Waals surface area contributed by atoms with Crippen molar-refractivity contribution in [3.8, 4) is 0 Å². The van der Waals surface area contributed by atoms with Crippen LogP contribution in [0.25, 0.3) is 0 Å². The Morgan fingerprint density at radius 3 is 2.56 bits per heavy atom. The minimum atomic E-state index is 0.201. The second-order valence-electron chi connectivity index (χ2n) is 6.01. The van der Waals surface area contributed by atoms with Crippen molar-refractivity contribution in [3.05, 3.63) is 22.4 Å². The largest absolute Gasteiger partial charge is 0.326 e. The fourth-order valence-electron chi connectivity index (χ4n) is 2.60. The van der Waals surface area contributed by atoms with E-state index in [2.05, 4.69) is 42.5 Å². The lowest BCUT2D eigenvalue weighted by atomic mass is 10.0. The molecule has 2 nitrogen and oxygen atoms in total. The van der Waals surface area contributed by atoms with Gasteiger partial charge in [0, 0.05) is 12.1 Å². The Labute approximate surface area is 115 Å². The Morgan fingerprint density at radius 1 is 1.39 bits per heavy atom. The van der Waals surface area contributed by atoms with E-state index in [1.165, 1.54) is 31.4 Å². The van der Waals surface area contributed by atoms with Gasteiger partial charge in [-0.05, 0) is 61.0 Å². The maximum Gasteiger partial charge on any atom is 0.0507 e. The molecule has 0 amide bonds. The SMILES string of the molecule is CC(C)CCN(C1CC1)C(c1ccsc1)C(C)N. The predicted octanol–water partition coefficient (Wildman–Crippen LogP) is 3.65. The summed E-state index contributed by atoms with van der Waals surface area (Å²) in [5.74, 6) is 0.766. The summed E-state index contributed by atoms with van der Waals surface area (Å²) in [7, 11) is 0. The molecule has 1 aliphatic carbocycles. The standard InChI is InChI=1S/C15H26N2S/c1-11(2)6-8-17(14-4-5-14)15(12(3)16)13-7-9-18-10-13/h7,9-12,14-15H,4-6,8,16H2,1-3H3. The molecule has 0 bridgehead atoms. The first kappa shape index (κ1) is 14.0. The van der Waals surface area contributed by atoms with Gasteiger partial charge in [-0.15, -0.1) is 0 Å². The van der Waals surface area contributed by atoms with Gasteiger partial charge in [0.05, 0.1) is 6.04 Å². The molecule has 0 aromatic carbocycles. The molecule has 2 rings (SSSR count). The lowest BCUT2D eigenvalue weighted by molar-refractivity contribution is 0.158. The zero-order valence-electron chi connectivity index (χ0n) is 11.8. The molecule has 2 unspecified atom stereocenters. The summed E-state index contributed by atoms with van der Waals surface area (Å²) in [6.07, 6.45) is 3.97. The van der Waals surface area contributed by atoms with Crippen molar-refractivity contribution in [3.63, 3.8) is 0 Å². The number of hydrogen-bond donors (Lipinski definition) is 1. The van der Waals surface area contributed by atoms with Crippen LogP contribution in [-0.4, -0.2) is 23.5 Å². The van der Waals surface area contributed by atoms with E-state index in [9.17, 15) is 0 Å². The summed E-state index contributed by atoms with van der Waals surface area (Å²) in [4.78, 5) is 2.66. The summed E-state index contributed by atoms with van der Waals surface area (Å²) < 4.78 is 0. The molecule has 1 aromatic heterocycles. The van der Waals surface area contributed by atoms with Gasteiger partial charge in [0.2, 0.25) is 0 Å². The van der Waals surface area contributed by atoms with Crippen LogP contribution >= 0.6 is 11.3 Å². The van der Waals surface area contributed by atoms with Crippen molar-refractivity contribution < 1.29 is 0 Å². The predicted molar refractivity (Wildman–Crippen MR) is 79.9 cm³/mol. The maximum absolute atomic E-state index is 6.26. The lowest BCUT2D eigenvalue weighted by Gasteiger charge is -2.34. The third-order valence-corrected chi connectivity index (χ3v) is 4.42. The highest BCUT2D eigenvalue weighted by Gasteiger charge is 2.36. The second-order valence-corrected chi connectivity index (χ2v) is 6.79. The number of rotatable bonds is 7. The van der Waals surface area contributed by atoms with Gasteiger partial charge in [0.1, 0.15) is 0 Å². The van der Waals surface area contributed by atoms with Gasteiger partial charge in [-0.1, -0.05) is 13.8 Å². The molecule has 0 saturated heterocycles. The smallest absolute Gasteiger partial charge is 0.0507 e. The van der Waals surface area contributed by atoms with Crippen molar-refractivity contribution in [2.75, 3.05) is 6.54 Å². The van der Waals surface area contributed by atoms with Crippen LogP contribution in [0, 0.1) is 5.92 Å². The van der Waals surface area contributed by atoms with E-state index in [1.807, 2.05) is 0 Å². The van der Waals surface area contributed by atoms with E-state index in [0.29, 0.717) is 6.04 Å². The van der Waals surface area contributed by atoms with Crippen molar-refractivity contribution in [2.45, 2.75) is 58.2 Å². The van der Waals surface area contributed by atoms with Crippen LogP contribution in [0.1, 0.15) is 51.6 Å². The highest BCUT2D eigenvalue weighted by Crippen LogP contribution is 2.36. The Balaban J connectivity index is 2.10. The maximum atomic E-state index is 6.26. The summed E-state index contributed by atoms with van der Waals surface area (Å²) in [5.41, 5.74) is 7.67. The van der Waals surface area contributed by atoms with E-state index in [4.69, 9.17) is 5.73 Å². The molecule has 1 heterocycles. The monoisotopic (exact) mass is 266 g/mol. The molecule has 2 atom stereocenters. The minimum absolute atomic E-state index is 0.201. The van der Waals surface area contributed by atoms with Crippen LogP contribution in [0.15, 0.2) is 16.8 Å². The van der Waals surface area contributed by atoms with Gasteiger partial charge >= 0.3 is 0 Å². The zero-order valence-corrected chi connectivity index (χ0v) is 12.6. The molecule has 1 aliphatic rings. The van der Waals surface area contributed by atoms with Crippen LogP contribution in [0.5, 0.6) is 0 Å². The van der Waals surface area contributed by atoms with Crippen molar-refractivity contribution in [2.24, 2.45) is 11.7 Å². The van der Waals surface area contributed by atoms with Gasteiger partial charge in [-0.2, -0.15) is 11.3 Å². The number of nitrogens with two attached hydrogens (primary N) is 1.